The Morgan fingerprint density at radius 3 is 2.27 bits per heavy atom. The highest BCUT2D eigenvalue weighted by molar-refractivity contribution is 5.30. The number of hydrogen-bond acceptors (Lipinski definition) is 1. The first-order chi connectivity index (χ1) is 10.6. The third-order valence-corrected chi connectivity index (χ3v) is 4.20. The maximum absolute atomic E-state index is 13.2. The van der Waals surface area contributed by atoms with Gasteiger partial charge in [-0.15, -0.1) is 0 Å². The second-order valence-corrected chi connectivity index (χ2v) is 5.61. The molecule has 0 unspecified atom stereocenters. The van der Waals surface area contributed by atoms with Crippen LogP contribution in [0.4, 0.5) is 13.2 Å². The minimum atomic E-state index is -2.16. The highest BCUT2D eigenvalue weighted by Gasteiger charge is 2.27. The zero-order valence-corrected chi connectivity index (χ0v) is 12.7. The van der Waals surface area contributed by atoms with Crippen molar-refractivity contribution in [2.45, 2.75) is 38.5 Å². The molecule has 1 aliphatic carbocycles. The van der Waals surface area contributed by atoms with E-state index < -0.39 is 17.8 Å². The molecule has 4 heteroatoms. The Morgan fingerprint density at radius 2 is 1.73 bits per heavy atom. The van der Waals surface area contributed by atoms with Crippen molar-refractivity contribution >= 4 is 0 Å². The summed E-state index contributed by atoms with van der Waals surface area (Å²) in [7, 11) is 0. The van der Waals surface area contributed by atoms with Crippen LogP contribution in [0.5, 0.6) is 5.75 Å². The third-order valence-electron chi connectivity index (χ3n) is 4.20. The van der Waals surface area contributed by atoms with Crippen LogP contribution < -0.4 is 4.74 Å². The first kappa shape index (κ1) is 16.7. The van der Waals surface area contributed by atoms with Crippen molar-refractivity contribution in [2.75, 3.05) is 6.61 Å². The second-order valence-electron chi connectivity index (χ2n) is 5.61. The second kappa shape index (κ2) is 8.06. The summed E-state index contributed by atoms with van der Waals surface area (Å²) in [5.74, 6) is -0.698. The van der Waals surface area contributed by atoms with Crippen LogP contribution in [0, 0.1) is 5.92 Å². The molecule has 0 bridgehead atoms. The van der Waals surface area contributed by atoms with Gasteiger partial charge in [0.05, 0.1) is 0 Å². The van der Waals surface area contributed by atoms with E-state index in [-0.39, 0.29) is 0 Å². The highest BCUT2D eigenvalue weighted by atomic mass is 19.3. The summed E-state index contributed by atoms with van der Waals surface area (Å²) in [6.07, 6.45) is 4.14. The monoisotopic (exact) mass is 310 g/mol. The molecule has 1 aromatic rings. The molecule has 1 aromatic carbocycles. The highest BCUT2D eigenvalue weighted by Crippen LogP contribution is 2.40. The van der Waals surface area contributed by atoms with Crippen molar-refractivity contribution in [1.82, 2.24) is 0 Å². The molecule has 1 aliphatic rings. The predicted octanol–water partition coefficient (Wildman–Crippen LogP) is 5.99. The van der Waals surface area contributed by atoms with Gasteiger partial charge < -0.3 is 4.74 Å². The van der Waals surface area contributed by atoms with E-state index in [0.717, 1.165) is 18.6 Å². The van der Waals surface area contributed by atoms with Crippen LogP contribution in [0.1, 0.15) is 44.1 Å². The minimum absolute atomic E-state index is 0.316. The Balaban J connectivity index is 1.90. The van der Waals surface area contributed by atoms with Crippen molar-refractivity contribution in [3.8, 4) is 5.75 Å². The van der Waals surface area contributed by atoms with E-state index in [4.69, 9.17) is 4.74 Å². The zero-order valence-electron chi connectivity index (χ0n) is 12.7. The first-order valence-corrected chi connectivity index (χ1v) is 7.66. The van der Waals surface area contributed by atoms with Crippen LogP contribution in [0.15, 0.2) is 48.3 Å². The molecule has 0 radical (unpaired) electrons. The number of halogens is 3. The van der Waals surface area contributed by atoms with E-state index in [0.29, 0.717) is 25.4 Å². The van der Waals surface area contributed by atoms with Crippen LogP contribution in [0.2, 0.25) is 0 Å². The molecule has 22 heavy (non-hydrogen) atoms. The summed E-state index contributed by atoms with van der Waals surface area (Å²) >= 11 is 0. The van der Waals surface area contributed by atoms with Gasteiger partial charge in [0.1, 0.15) is 12.4 Å². The lowest BCUT2D eigenvalue weighted by molar-refractivity contribution is 0.281. The molecule has 0 aliphatic heterocycles. The molecule has 0 aromatic heterocycles. The maximum atomic E-state index is 13.2. The average molecular weight is 310 g/mol. The van der Waals surface area contributed by atoms with Crippen LogP contribution >= 0.6 is 0 Å². The van der Waals surface area contributed by atoms with Gasteiger partial charge in [-0.2, -0.15) is 8.78 Å². The number of allylic oxidation sites excluding steroid dienone is 2. The number of benzene rings is 1. The van der Waals surface area contributed by atoms with Gasteiger partial charge in [0, 0.05) is 5.92 Å². The zero-order chi connectivity index (χ0) is 15.9. The summed E-state index contributed by atoms with van der Waals surface area (Å²) in [6, 6.07) is 7.87. The normalized spacial score (nSPS) is 21.8. The molecule has 0 atom stereocenters. The van der Waals surface area contributed by atoms with Crippen molar-refractivity contribution < 1.29 is 17.9 Å². The van der Waals surface area contributed by atoms with Gasteiger partial charge in [-0.25, -0.2) is 4.39 Å². The summed E-state index contributed by atoms with van der Waals surface area (Å²) in [5, 5.41) is 0. The minimum Gasteiger partial charge on any atom is -0.490 e. The van der Waals surface area contributed by atoms with E-state index >= 15 is 0 Å². The van der Waals surface area contributed by atoms with Crippen molar-refractivity contribution in [1.29, 1.82) is 0 Å². The van der Waals surface area contributed by atoms with E-state index in [1.165, 1.54) is 5.56 Å². The van der Waals surface area contributed by atoms with Crippen LogP contribution in [0.3, 0.4) is 0 Å². The summed E-state index contributed by atoms with van der Waals surface area (Å²) < 4.78 is 43.4. The Hall–Kier alpha value is -1.71. The number of ether oxygens (including phenoxy) is 1. The first-order valence-electron chi connectivity index (χ1n) is 7.66. The van der Waals surface area contributed by atoms with Crippen molar-refractivity contribution in [2.24, 2.45) is 5.92 Å². The van der Waals surface area contributed by atoms with Gasteiger partial charge in [0.15, 0.2) is 5.83 Å². The summed E-state index contributed by atoms with van der Waals surface area (Å²) in [5.41, 5.74) is 1.17. The fraction of sp³-hybridized carbons (Fsp3) is 0.444. The van der Waals surface area contributed by atoms with Crippen LogP contribution in [0.25, 0.3) is 0 Å². The van der Waals surface area contributed by atoms with Gasteiger partial charge >= 0.3 is 6.08 Å². The third kappa shape index (κ3) is 4.39. The maximum Gasteiger partial charge on any atom is 0.301 e. The Labute approximate surface area is 129 Å². The predicted molar refractivity (Wildman–Crippen MR) is 81.8 cm³/mol. The standard InChI is InChI=1S/C18H21F3O/c1-2-3-12-22-16-10-8-14(9-11-16)13-4-6-15(7-5-13)17(19)18(20)21/h2-3,8-11,13,15H,4-7,12H2,1H3/b3-2+. The summed E-state index contributed by atoms with van der Waals surface area (Å²) in [4.78, 5) is 0. The van der Waals surface area contributed by atoms with Crippen molar-refractivity contribution in [3.63, 3.8) is 0 Å². The molecule has 1 fully saturated rings. The van der Waals surface area contributed by atoms with Gasteiger partial charge in [-0.1, -0.05) is 24.3 Å². The largest absolute Gasteiger partial charge is 0.490 e. The van der Waals surface area contributed by atoms with E-state index in [9.17, 15) is 13.2 Å². The molecule has 0 saturated heterocycles. The fourth-order valence-corrected chi connectivity index (χ4v) is 2.91. The average Bonchev–Trinajstić information content (AvgIpc) is 2.55. The summed E-state index contributed by atoms with van der Waals surface area (Å²) in [6.45, 7) is 2.48. The molecule has 120 valence electrons. The topological polar surface area (TPSA) is 9.23 Å². The Morgan fingerprint density at radius 1 is 1.09 bits per heavy atom. The molecule has 0 amide bonds. The Bertz CT molecular complexity index is 522. The van der Waals surface area contributed by atoms with E-state index in [2.05, 4.69) is 0 Å². The lowest BCUT2D eigenvalue weighted by atomic mass is 9.78. The fourth-order valence-electron chi connectivity index (χ4n) is 2.91. The molecule has 1 saturated carbocycles. The molecule has 0 spiro atoms. The SMILES string of the molecule is C/C=C/COc1ccc(C2CCC(C(F)=C(F)F)CC2)cc1. The molecule has 2 rings (SSSR count). The quantitative estimate of drug-likeness (QED) is 0.607. The van der Waals surface area contributed by atoms with Gasteiger partial charge in [0.2, 0.25) is 0 Å². The molecular formula is C18H21F3O. The number of hydrogen-bond donors (Lipinski definition) is 0. The van der Waals surface area contributed by atoms with Gasteiger partial charge in [-0.05, 0) is 56.2 Å². The van der Waals surface area contributed by atoms with E-state index in [1.807, 2.05) is 43.3 Å². The Kier molecular flexibility index (Phi) is 6.10. The van der Waals surface area contributed by atoms with Gasteiger partial charge in [0.25, 0.3) is 0 Å². The molecule has 0 heterocycles. The molecule has 0 N–H and O–H groups in total. The van der Waals surface area contributed by atoms with Gasteiger partial charge in [-0.3, -0.25) is 0 Å². The van der Waals surface area contributed by atoms with E-state index in [1.54, 1.807) is 0 Å². The molecular weight excluding hydrogens is 289 g/mol. The number of rotatable bonds is 5. The van der Waals surface area contributed by atoms with Crippen LogP contribution in [-0.4, -0.2) is 6.61 Å². The van der Waals surface area contributed by atoms with Crippen molar-refractivity contribution in [3.05, 3.63) is 53.9 Å². The van der Waals surface area contributed by atoms with Crippen LogP contribution in [-0.2, 0) is 0 Å². The molecule has 1 nitrogen and oxygen atoms in total. The lowest BCUT2D eigenvalue weighted by Gasteiger charge is -2.27. The lowest BCUT2D eigenvalue weighted by Crippen LogP contribution is -2.14. The smallest absolute Gasteiger partial charge is 0.301 e.